The van der Waals surface area contributed by atoms with Gasteiger partial charge in [-0.3, -0.25) is 4.79 Å². The number of amides is 1. The van der Waals surface area contributed by atoms with Crippen molar-refractivity contribution in [3.05, 3.63) is 35.0 Å². The predicted octanol–water partition coefficient (Wildman–Crippen LogP) is 5.44. The third-order valence-electron chi connectivity index (χ3n) is 7.77. The lowest BCUT2D eigenvalue weighted by atomic mass is 9.77. The molecule has 1 atom stereocenters. The van der Waals surface area contributed by atoms with E-state index in [1.54, 1.807) is 0 Å². The lowest BCUT2D eigenvalue weighted by molar-refractivity contribution is -0.133. The summed E-state index contributed by atoms with van der Waals surface area (Å²) in [7, 11) is 0. The van der Waals surface area contributed by atoms with E-state index in [1.807, 2.05) is 0 Å². The number of aromatic nitrogens is 2. The minimum atomic E-state index is -0.0732. The number of hydrogen-bond acceptors (Lipinski definition) is 4. The van der Waals surface area contributed by atoms with Gasteiger partial charge < -0.3 is 9.42 Å². The summed E-state index contributed by atoms with van der Waals surface area (Å²) in [5.74, 6) is 2.91. The first-order valence-corrected chi connectivity index (χ1v) is 12.1. The van der Waals surface area contributed by atoms with E-state index in [0.29, 0.717) is 24.2 Å². The highest BCUT2D eigenvalue weighted by Gasteiger charge is 2.39. The topological polar surface area (TPSA) is 59.2 Å². The molecule has 0 N–H and O–H groups in total. The lowest BCUT2D eigenvalue weighted by Gasteiger charge is -2.38. The SMILES string of the molecule is CC1(c2noc(C3CC3)n2)CCN(C(=O)CC2CCCC=C2C2=CCCCC2)CC1. The van der Waals surface area contributed by atoms with Gasteiger partial charge >= 0.3 is 0 Å². The number of likely N-dealkylation sites (tertiary alicyclic amines) is 1. The van der Waals surface area contributed by atoms with Crippen LogP contribution in [0, 0.1) is 5.92 Å². The van der Waals surface area contributed by atoms with Gasteiger partial charge in [0.1, 0.15) is 0 Å². The Balaban J connectivity index is 1.19. The van der Waals surface area contributed by atoms with Gasteiger partial charge in [0.05, 0.1) is 0 Å². The molecule has 5 heteroatoms. The number of nitrogens with zero attached hydrogens (tertiary/aromatic N) is 3. The zero-order chi connectivity index (χ0) is 20.6. The molecular formula is C25H35N3O2. The standard InChI is InChI=1S/C25H35N3O2/c1-25(24-26-23(30-27-24)19-11-12-19)13-15-28(16-14-25)22(29)17-20-9-5-6-10-21(20)18-7-3-2-4-8-18/h7,10,19-20H,2-6,8-9,11-17H2,1H3. The van der Waals surface area contributed by atoms with E-state index in [4.69, 9.17) is 9.51 Å². The second-order valence-corrected chi connectivity index (χ2v) is 10.1. The van der Waals surface area contributed by atoms with Gasteiger partial charge in [-0.15, -0.1) is 0 Å². The molecule has 1 aliphatic heterocycles. The molecule has 162 valence electrons. The maximum atomic E-state index is 13.2. The van der Waals surface area contributed by atoms with E-state index < -0.39 is 0 Å². The van der Waals surface area contributed by atoms with Gasteiger partial charge in [0, 0.05) is 30.8 Å². The minimum absolute atomic E-state index is 0.0732. The van der Waals surface area contributed by atoms with Gasteiger partial charge in [-0.2, -0.15) is 4.98 Å². The van der Waals surface area contributed by atoms with Crippen molar-refractivity contribution >= 4 is 5.91 Å². The number of hydrogen-bond donors (Lipinski definition) is 0. The van der Waals surface area contributed by atoms with Crippen molar-refractivity contribution < 1.29 is 9.32 Å². The average Bonchev–Trinajstić information content (AvgIpc) is 3.51. The molecule has 5 rings (SSSR count). The fourth-order valence-corrected chi connectivity index (χ4v) is 5.44. The first kappa shape index (κ1) is 20.0. The van der Waals surface area contributed by atoms with Crippen LogP contribution in [-0.4, -0.2) is 34.0 Å². The van der Waals surface area contributed by atoms with Crippen LogP contribution in [0.4, 0.5) is 0 Å². The molecule has 2 heterocycles. The van der Waals surface area contributed by atoms with E-state index in [-0.39, 0.29) is 5.41 Å². The Morgan fingerprint density at radius 3 is 2.67 bits per heavy atom. The number of carbonyl (C=O) groups is 1. The molecule has 0 bridgehead atoms. The molecule has 1 saturated heterocycles. The fraction of sp³-hybridized carbons (Fsp3) is 0.720. The van der Waals surface area contributed by atoms with Gasteiger partial charge in [0.25, 0.3) is 0 Å². The summed E-state index contributed by atoms with van der Waals surface area (Å²) in [5, 5.41) is 4.29. The van der Waals surface area contributed by atoms with Gasteiger partial charge in [-0.1, -0.05) is 24.2 Å². The van der Waals surface area contributed by atoms with Crippen molar-refractivity contribution in [2.24, 2.45) is 5.92 Å². The number of piperidine rings is 1. The summed E-state index contributed by atoms with van der Waals surface area (Å²) in [5.41, 5.74) is 2.96. The van der Waals surface area contributed by atoms with Crippen molar-refractivity contribution in [1.82, 2.24) is 15.0 Å². The van der Waals surface area contributed by atoms with Gasteiger partial charge in [-0.25, -0.2) is 0 Å². The molecule has 1 unspecified atom stereocenters. The second-order valence-electron chi connectivity index (χ2n) is 10.1. The molecule has 0 aromatic carbocycles. The summed E-state index contributed by atoms with van der Waals surface area (Å²) in [6.45, 7) is 3.84. The van der Waals surface area contributed by atoms with Crippen LogP contribution in [0.25, 0.3) is 0 Å². The smallest absolute Gasteiger partial charge is 0.229 e. The third-order valence-corrected chi connectivity index (χ3v) is 7.77. The molecule has 4 aliphatic rings. The average molecular weight is 410 g/mol. The molecular weight excluding hydrogens is 374 g/mol. The van der Waals surface area contributed by atoms with Crippen LogP contribution in [0.5, 0.6) is 0 Å². The number of allylic oxidation sites excluding steroid dienone is 4. The molecule has 1 saturated carbocycles. The van der Waals surface area contributed by atoms with Crippen LogP contribution in [0.15, 0.2) is 27.8 Å². The largest absolute Gasteiger partial charge is 0.343 e. The third kappa shape index (κ3) is 4.13. The van der Waals surface area contributed by atoms with E-state index in [1.165, 1.54) is 62.5 Å². The lowest BCUT2D eigenvalue weighted by Crippen LogP contribution is -2.45. The van der Waals surface area contributed by atoms with Crippen LogP contribution in [0.1, 0.15) is 102 Å². The summed E-state index contributed by atoms with van der Waals surface area (Å²) in [6, 6.07) is 0. The Morgan fingerprint density at radius 2 is 1.93 bits per heavy atom. The Morgan fingerprint density at radius 1 is 1.13 bits per heavy atom. The monoisotopic (exact) mass is 409 g/mol. The molecule has 1 aromatic heterocycles. The van der Waals surface area contributed by atoms with Gasteiger partial charge in [0.15, 0.2) is 5.82 Å². The predicted molar refractivity (Wildman–Crippen MR) is 116 cm³/mol. The van der Waals surface area contributed by atoms with E-state index in [2.05, 4.69) is 29.1 Å². The van der Waals surface area contributed by atoms with E-state index in [9.17, 15) is 4.79 Å². The Kier molecular flexibility index (Phi) is 5.55. The molecule has 2 fully saturated rings. The first-order valence-electron chi connectivity index (χ1n) is 12.1. The van der Waals surface area contributed by atoms with Crippen molar-refractivity contribution in [2.75, 3.05) is 13.1 Å². The fourth-order valence-electron chi connectivity index (χ4n) is 5.44. The van der Waals surface area contributed by atoms with Crippen LogP contribution in [0.3, 0.4) is 0 Å². The summed E-state index contributed by atoms with van der Waals surface area (Å²) >= 11 is 0. The maximum Gasteiger partial charge on any atom is 0.229 e. The van der Waals surface area contributed by atoms with E-state index >= 15 is 0 Å². The highest BCUT2D eigenvalue weighted by Crippen LogP contribution is 2.41. The Labute approximate surface area is 180 Å². The van der Waals surface area contributed by atoms with Crippen LogP contribution >= 0.6 is 0 Å². The van der Waals surface area contributed by atoms with Crippen LogP contribution < -0.4 is 0 Å². The maximum absolute atomic E-state index is 13.2. The van der Waals surface area contributed by atoms with Crippen molar-refractivity contribution in [3.8, 4) is 0 Å². The molecule has 0 spiro atoms. The van der Waals surface area contributed by atoms with Crippen LogP contribution in [0.2, 0.25) is 0 Å². The molecule has 1 aromatic rings. The Hall–Kier alpha value is -1.91. The second kappa shape index (κ2) is 8.32. The van der Waals surface area contributed by atoms with Gasteiger partial charge in [0.2, 0.25) is 11.8 Å². The zero-order valence-electron chi connectivity index (χ0n) is 18.4. The first-order chi connectivity index (χ1) is 14.6. The normalized spacial score (nSPS) is 26.8. The number of rotatable bonds is 5. The van der Waals surface area contributed by atoms with Crippen molar-refractivity contribution in [2.45, 2.75) is 95.3 Å². The zero-order valence-corrected chi connectivity index (χ0v) is 18.4. The van der Waals surface area contributed by atoms with Crippen molar-refractivity contribution in [1.29, 1.82) is 0 Å². The molecule has 30 heavy (non-hydrogen) atoms. The highest BCUT2D eigenvalue weighted by molar-refractivity contribution is 5.77. The van der Waals surface area contributed by atoms with Gasteiger partial charge in [-0.05, 0) is 87.7 Å². The minimum Gasteiger partial charge on any atom is -0.343 e. The quantitative estimate of drug-likeness (QED) is 0.649. The van der Waals surface area contributed by atoms with Crippen LogP contribution in [-0.2, 0) is 10.2 Å². The Bertz CT molecular complexity index is 840. The molecule has 0 radical (unpaired) electrons. The molecule has 3 aliphatic carbocycles. The summed E-state index contributed by atoms with van der Waals surface area (Å²) in [4.78, 5) is 20.0. The molecule has 5 nitrogen and oxygen atoms in total. The summed E-state index contributed by atoms with van der Waals surface area (Å²) < 4.78 is 5.50. The highest BCUT2D eigenvalue weighted by atomic mass is 16.5. The van der Waals surface area contributed by atoms with Crippen molar-refractivity contribution in [3.63, 3.8) is 0 Å². The summed E-state index contributed by atoms with van der Waals surface area (Å²) in [6.07, 6.45) is 18.3. The number of carbonyl (C=O) groups excluding carboxylic acids is 1. The van der Waals surface area contributed by atoms with E-state index in [0.717, 1.165) is 44.1 Å². The molecule has 1 amide bonds.